The molecule has 2 saturated carbocycles. The van der Waals surface area contributed by atoms with Gasteiger partial charge in [-0.25, -0.2) is 0 Å². The number of carbonyl (C=O) groups excluding carboxylic acids is 1. The zero-order chi connectivity index (χ0) is 9.31. The Morgan fingerprint density at radius 2 is 1.85 bits per heavy atom. The quantitative estimate of drug-likeness (QED) is 0.706. The summed E-state index contributed by atoms with van der Waals surface area (Å²) in [6.45, 7) is 0.726. The van der Waals surface area contributed by atoms with Crippen LogP contribution < -0.4 is 5.73 Å². The third-order valence-electron chi connectivity index (χ3n) is 3.98. The van der Waals surface area contributed by atoms with Crippen LogP contribution in [0.2, 0.25) is 0 Å². The van der Waals surface area contributed by atoms with Gasteiger partial charge in [-0.05, 0) is 30.7 Å². The molecule has 2 fully saturated rings. The second-order valence-electron chi connectivity index (χ2n) is 4.79. The Labute approximate surface area is 79.9 Å². The van der Waals surface area contributed by atoms with Gasteiger partial charge >= 0.3 is 0 Å². The van der Waals surface area contributed by atoms with Crippen molar-refractivity contribution in [3.05, 3.63) is 0 Å². The van der Waals surface area contributed by atoms with Crippen LogP contribution in [0.4, 0.5) is 0 Å². The smallest absolute Gasteiger partial charge is 0.134 e. The number of hydrogen-bond donors (Lipinski definition) is 1. The maximum Gasteiger partial charge on any atom is 0.134 e. The number of carbonyl (C=O) groups is 1. The summed E-state index contributed by atoms with van der Waals surface area (Å²) in [5.74, 6) is 1.18. The molecule has 2 aliphatic carbocycles. The van der Waals surface area contributed by atoms with Gasteiger partial charge in [0.2, 0.25) is 0 Å². The van der Waals surface area contributed by atoms with E-state index in [1.165, 1.54) is 32.1 Å². The van der Waals surface area contributed by atoms with Crippen molar-refractivity contribution in [3.63, 3.8) is 0 Å². The predicted molar refractivity (Wildman–Crippen MR) is 52.3 cm³/mol. The van der Waals surface area contributed by atoms with Crippen LogP contribution in [0.3, 0.4) is 0 Å². The standard InChI is InChI=1S/C11H19NO/c12-8-11(6-10(13)7-11)9-4-2-1-3-5-9/h9H,1-8,12H2. The van der Waals surface area contributed by atoms with Gasteiger partial charge in [0.25, 0.3) is 0 Å². The molecule has 2 aliphatic rings. The van der Waals surface area contributed by atoms with E-state index in [4.69, 9.17) is 5.73 Å². The normalized spacial score (nSPS) is 28.5. The van der Waals surface area contributed by atoms with Crippen LogP contribution in [0.25, 0.3) is 0 Å². The summed E-state index contributed by atoms with van der Waals surface area (Å²) in [6, 6.07) is 0. The van der Waals surface area contributed by atoms with E-state index in [9.17, 15) is 4.79 Å². The Balaban J connectivity index is 1.99. The first-order valence-electron chi connectivity index (χ1n) is 5.49. The van der Waals surface area contributed by atoms with E-state index in [2.05, 4.69) is 0 Å². The molecule has 0 aliphatic heterocycles. The van der Waals surface area contributed by atoms with Gasteiger partial charge in [0.05, 0.1) is 0 Å². The van der Waals surface area contributed by atoms with Gasteiger partial charge < -0.3 is 5.73 Å². The largest absolute Gasteiger partial charge is 0.330 e. The van der Waals surface area contributed by atoms with Gasteiger partial charge in [0.1, 0.15) is 5.78 Å². The lowest BCUT2D eigenvalue weighted by atomic mass is 9.57. The molecule has 0 bridgehead atoms. The zero-order valence-corrected chi connectivity index (χ0v) is 8.22. The predicted octanol–water partition coefficient (Wildman–Crippen LogP) is 1.87. The SMILES string of the molecule is NCC1(C2CCCCC2)CC(=O)C1. The Morgan fingerprint density at radius 3 is 2.31 bits per heavy atom. The molecule has 0 heterocycles. The summed E-state index contributed by atoms with van der Waals surface area (Å²) in [4.78, 5) is 11.1. The minimum Gasteiger partial charge on any atom is -0.330 e. The highest BCUT2D eigenvalue weighted by molar-refractivity contribution is 5.86. The average Bonchev–Trinajstić information content (AvgIpc) is 2.14. The Hall–Kier alpha value is -0.370. The first-order chi connectivity index (χ1) is 6.27. The van der Waals surface area contributed by atoms with Gasteiger partial charge in [0.15, 0.2) is 0 Å². The van der Waals surface area contributed by atoms with Crippen molar-refractivity contribution >= 4 is 5.78 Å². The fraction of sp³-hybridized carbons (Fsp3) is 0.909. The van der Waals surface area contributed by atoms with Crippen molar-refractivity contribution in [1.82, 2.24) is 0 Å². The summed E-state index contributed by atoms with van der Waals surface area (Å²) in [5.41, 5.74) is 6.04. The van der Waals surface area contributed by atoms with E-state index in [-0.39, 0.29) is 5.41 Å². The zero-order valence-electron chi connectivity index (χ0n) is 8.22. The molecule has 0 spiro atoms. The van der Waals surface area contributed by atoms with Crippen molar-refractivity contribution in [1.29, 1.82) is 0 Å². The molecular formula is C11H19NO. The van der Waals surface area contributed by atoms with E-state index in [1.807, 2.05) is 0 Å². The average molecular weight is 181 g/mol. The molecule has 0 atom stereocenters. The molecule has 0 radical (unpaired) electrons. The highest BCUT2D eigenvalue weighted by Crippen LogP contribution is 2.49. The summed E-state index contributed by atoms with van der Waals surface area (Å²) in [6.07, 6.45) is 8.24. The monoisotopic (exact) mass is 181 g/mol. The van der Waals surface area contributed by atoms with Gasteiger partial charge in [-0.1, -0.05) is 19.3 Å². The van der Waals surface area contributed by atoms with Gasteiger partial charge in [-0.3, -0.25) is 4.79 Å². The van der Waals surface area contributed by atoms with Crippen molar-refractivity contribution in [3.8, 4) is 0 Å². The van der Waals surface area contributed by atoms with E-state index in [0.717, 1.165) is 25.3 Å². The maximum absolute atomic E-state index is 11.1. The lowest BCUT2D eigenvalue weighted by Gasteiger charge is -2.47. The summed E-state index contributed by atoms with van der Waals surface area (Å²) >= 11 is 0. The van der Waals surface area contributed by atoms with Crippen molar-refractivity contribution in [2.24, 2.45) is 17.1 Å². The summed E-state index contributed by atoms with van der Waals surface area (Å²) in [5, 5.41) is 0. The van der Waals surface area contributed by atoms with E-state index >= 15 is 0 Å². The maximum atomic E-state index is 11.1. The molecule has 2 nitrogen and oxygen atoms in total. The highest BCUT2D eigenvalue weighted by atomic mass is 16.1. The second kappa shape index (κ2) is 3.41. The minimum atomic E-state index is 0.234. The van der Waals surface area contributed by atoms with Crippen molar-refractivity contribution in [2.75, 3.05) is 6.54 Å². The fourth-order valence-corrected chi connectivity index (χ4v) is 3.05. The molecule has 2 heteroatoms. The van der Waals surface area contributed by atoms with Gasteiger partial charge in [-0.15, -0.1) is 0 Å². The Kier molecular flexibility index (Phi) is 2.41. The molecule has 0 unspecified atom stereocenters. The molecule has 0 saturated heterocycles. The van der Waals surface area contributed by atoms with Crippen LogP contribution in [0.5, 0.6) is 0 Å². The number of ketones is 1. The van der Waals surface area contributed by atoms with Crippen LogP contribution in [-0.4, -0.2) is 12.3 Å². The molecule has 0 aromatic heterocycles. The molecule has 74 valence electrons. The number of nitrogens with two attached hydrogens (primary N) is 1. The Bertz CT molecular complexity index is 198. The molecule has 0 amide bonds. The lowest BCUT2D eigenvalue weighted by molar-refractivity contribution is -0.136. The third kappa shape index (κ3) is 1.52. The summed E-state index contributed by atoms with van der Waals surface area (Å²) in [7, 11) is 0. The number of hydrogen-bond acceptors (Lipinski definition) is 2. The topological polar surface area (TPSA) is 43.1 Å². The summed E-state index contributed by atoms with van der Waals surface area (Å²) < 4.78 is 0. The van der Waals surface area contributed by atoms with Crippen LogP contribution in [0, 0.1) is 11.3 Å². The minimum absolute atomic E-state index is 0.234. The molecule has 2 rings (SSSR count). The van der Waals surface area contributed by atoms with Crippen LogP contribution in [0.15, 0.2) is 0 Å². The molecule has 0 aromatic rings. The first kappa shape index (κ1) is 9.20. The third-order valence-corrected chi connectivity index (χ3v) is 3.98. The fourth-order valence-electron chi connectivity index (χ4n) is 3.05. The molecule has 0 aromatic carbocycles. The van der Waals surface area contributed by atoms with Crippen molar-refractivity contribution < 1.29 is 4.79 Å². The first-order valence-corrected chi connectivity index (χ1v) is 5.49. The van der Waals surface area contributed by atoms with E-state index < -0.39 is 0 Å². The highest BCUT2D eigenvalue weighted by Gasteiger charge is 2.47. The van der Waals surface area contributed by atoms with Gasteiger partial charge in [-0.2, -0.15) is 0 Å². The van der Waals surface area contributed by atoms with Crippen LogP contribution in [-0.2, 0) is 4.79 Å². The molecule has 13 heavy (non-hydrogen) atoms. The Morgan fingerprint density at radius 1 is 1.23 bits per heavy atom. The molecular weight excluding hydrogens is 162 g/mol. The van der Waals surface area contributed by atoms with Gasteiger partial charge in [0, 0.05) is 12.8 Å². The van der Waals surface area contributed by atoms with Crippen LogP contribution in [0.1, 0.15) is 44.9 Å². The number of Topliss-reactive ketones (excluding diaryl/α,β-unsaturated/α-hetero) is 1. The second-order valence-corrected chi connectivity index (χ2v) is 4.79. The van der Waals surface area contributed by atoms with E-state index in [1.54, 1.807) is 0 Å². The lowest BCUT2D eigenvalue weighted by Crippen LogP contribution is -2.49. The molecule has 2 N–H and O–H groups in total. The van der Waals surface area contributed by atoms with Crippen molar-refractivity contribution in [2.45, 2.75) is 44.9 Å². The van der Waals surface area contributed by atoms with E-state index in [0.29, 0.717) is 5.78 Å². The number of rotatable bonds is 2. The van der Waals surface area contributed by atoms with Crippen LogP contribution >= 0.6 is 0 Å².